The zero-order valence-corrected chi connectivity index (χ0v) is 12.2. The summed E-state index contributed by atoms with van der Waals surface area (Å²) in [5.74, 6) is 0.0475. The van der Waals surface area contributed by atoms with Gasteiger partial charge in [0.15, 0.2) is 0 Å². The summed E-state index contributed by atoms with van der Waals surface area (Å²) in [4.78, 5) is 11.6. The van der Waals surface area contributed by atoms with E-state index in [4.69, 9.17) is 16.3 Å². The second-order valence-electron chi connectivity index (χ2n) is 4.29. The number of ether oxygens (including phenoxy) is 1. The van der Waals surface area contributed by atoms with E-state index in [-0.39, 0.29) is 12.0 Å². The van der Waals surface area contributed by atoms with E-state index in [9.17, 15) is 4.79 Å². The van der Waals surface area contributed by atoms with Gasteiger partial charge >= 0.3 is 0 Å². The minimum Gasteiger partial charge on any atom is -0.375 e. The van der Waals surface area contributed by atoms with Crippen LogP contribution in [-0.4, -0.2) is 33.2 Å². The van der Waals surface area contributed by atoms with Crippen LogP contribution in [0.3, 0.4) is 0 Å². The molecule has 1 rings (SSSR count). The van der Waals surface area contributed by atoms with Crippen LogP contribution < -0.4 is 10.6 Å². The van der Waals surface area contributed by atoms with E-state index in [2.05, 4.69) is 10.6 Å². The van der Waals surface area contributed by atoms with Gasteiger partial charge in [-0.3, -0.25) is 4.79 Å². The summed E-state index contributed by atoms with van der Waals surface area (Å²) in [5.41, 5.74) is 1.00. The summed E-state index contributed by atoms with van der Waals surface area (Å²) in [5, 5.41) is 6.58. The topological polar surface area (TPSA) is 50.4 Å². The van der Waals surface area contributed by atoms with Crippen molar-refractivity contribution < 1.29 is 9.53 Å². The van der Waals surface area contributed by atoms with Gasteiger partial charge in [-0.25, -0.2) is 0 Å². The summed E-state index contributed by atoms with van der Waals surface area (Å²) >= 11 is 5.84. The first-order valence-electron chi connectivity index (χ1n) is 6.37. The molecule has 0 aliphatic carbocycles. The maximum atomic E-state index is 11.6. The second kappa shape index (κ2) is 8.91. The van der Waals surface area contributed by atoms with Crippen molar-refractivity contribution in [3.05, 3.63) is 34.9 Å². The quantitative estimate of drug-likeness (QED) is 0.719. The predicted octanol–water partition coefficient (Wildman–Crippen LogP) is 2.14. The number of halogens is 1. The van der Waals surface area contributed by atoms with Gasteiger partial charge in [-0.05, 0) is 37.7 Å². The van der Waals surface area contributed by atoms with Crippen molar-refractivity contribution in [1.82, 2.24) is 10.6 Å². The van der Waals surface area contributed by atoms with Crippen molar-refractivity contribution >= 4 is 17.5 Å². The molecule has 0 bridgehead atoms. The van der Waals surface area contributed by atoms with E-state index in [0.29, 0.717) is 18.0 Å². The number of hydrogen-bond donors (Lipinski definition) is 2. The Morgan fingerprint density at radius 1 is 1.37 bits per heavy atom. The number of carbonyl (C=O) groups is 1. The molecule has 0 aliphatic rings. The molecule has 0 aromatic heterocycles. The third-order valence-electron chi connectivity index (χ3n) is 2.84. The van der Waals surface area contributed by atoms with E-state index < -0.39 is 0 Å². The summed E-state index contributed by atoms with van der Waals surface area (Å²) in [7, 11) is 3.51. The highest BCUT2D eigenvalue weighted by Gasteiger charge is 2.11. The van der Waals surface area contributed by atoms with Gasteiger partial charge in [-0.1, -0.05) is 23.7 Å². The molecule has 0 aliphatic heterocycles. The second-order valence-corrected chi connectivity index (χ2v) is 4.72. The van der Waals surface area contributed by atoms with Gasteiger partial charge in [0.25, 0.3) is 0 Å². The van der Waals surface area contributed by atoms with Crippen molar-refractivity contribution in [2.75, 3.05) is 27.2 Å². The molecule has 0 radical (unpaired) electrons. The molecule has 1 unspecified atom stereocenters. The van der Waals surface area contributed by atoms with E-state index in [1.165, 1.54) is 0 Å². The average molecular weight is 285 g/mol. The zero-order valence-electron chi connectivity index (χ0n) is 11.4. The molecule has 0 fully saturated rings. The fraction of sp³-hybridized carbons (Fsp3) is 0.500. The Kier molecular flexibility index (Phi) is 7.48. The molecule has 5 heteroatoms. The first-order valence-corrected chi connectivity index (χ1v) is 6.74. The van der Waals surface area contributed by atoms with Gasteiger partial charge in [0.2, 0.25) is 5.91 Å². The summed E-state index contributed by atoms with van der Waals surface area (Å²) < 4.78 is 5.38. The number of hydrogen-bond acceptors (Lipinski definition) is 3. The Morgan fingerprint density at radius 3 is 2.63 bits per heavy atom. The van der Waals surface area contributed by atoms with E-state index in [0.717, 1.165) is 18.5 Å². The van der Waals surface area contributed by atoms with Crippen LogP contribution in [0.15, 0.2) is 24.3 Å². The molecule has 1 atom stereocenters. The van der Waals surface area contributed by atoms with E-state index in [1.807, 2.05) is 31.3 Å². The number of rotatable bonds is 8. The lowest BCUT2D eigenvalue weighted by molar-refractivity contribution is -0.121. The van der Waals surface area contributed by atoms with Crippen LogP contribution in [0.4, 0.5) is 0 Å². The molecule has 0 heterocycles. The summed E-state index contributed by atoms with van der Waals surface area (Å²) in [6, 6.07) is 7.45. The minimum atomic E-state index is -0.148. The average Bonchev–Trinajstić information content (AvgIpc) is 2.41. The third-order valence-corrected chi connectivity index (χ3v) is 3.09. The van der Waals surface area contributed by atoms with E-state index >= 15 is 0 Å². The van der Waals surface area contributed by atoms with Crippen molar-refractivity contribution in [2.45, 2.75) is 18.9 Å². The van der Waals surface area contributed by atoms with Gasteiger partial charge in [-0.2, -0.15) is 0 Å². The molecule has 2 N–H and O–H groups in total. The molecule has 0 saturated carbocycles. The van der Waals surface area contributed by atoms with Crippen molar-refractivity contribution in [2.24, 2.45) is 0 Å². The van der Waals surface area contributed by atoms with Crippen LogP contribution in [0.2, 0.25) is 5.02 Å². The number of methoxy groups -OCH3 is 1. The molecule has 1 aromatic carbocycles. The molecular weight excluding hydrogens is 264 g/mol. The third kappa shape index (κ3) is 6.05. The standard InChI is InChI=1S/C14H21ClN2O2/c1-16-9-3-4-14(18)17-10-13(19-2)11-5-7-12(15)8-6-11/h5-8,13,16H,3-4,9-10H2,1-2H3,(H,17,18). The van der Waals surface area contributed by atoms with Crippen LogP contribution in [-0.2, 0) is 9.53 Å². The predicted molar refractivity (Wildman–Crippen MR) is 77.4 cm³/mol. The molecular formula is C14H21ClN2O2. The van der Waals surface area contributed by atoms with Gasteiger partial charge < -0.3 is 15.4 Å². The van der Waals surface area contributed by atoms with E-state index in [1.54, 1.807) is 7.11 Å². The zero-order chi connectivity index (χ0) is 14.1. The highest BCUT2D eigenvalue weighted by atomic mass is 35.5. The Balaban J connectivity index is 2.40. The van der Waals surface area contributed by atoms with Crippen LogP contribution in [0, 0.1) is 0 Å². The van der Waals surface area contributed by atoms with Gasteiger partial charge in [0, 0.05) is 25.1 Å². The van der Waals surface area contributed by atoms with Crippen molar-refractivity contribution in [3.63, 3.8) is 0 Å². The Hall–Kier alpha value is -1.10. The molecule has 4 nitrogen and oxygen atoms in total. The molecule has 106 valence electrons. The molecule has 0 spiro atoms. The number of carbonyl (C=O) groups excluding carboxylic acids is 1. The highest BCUT2D eigenvalue weighted by molar-refractivity contribution is 6.30. The van der Waals surface area contributed by atoms with Gasteiger partial charge in [0.1, 0.15) is 0 Å². The lowest BCUT2D eigenvalue weighted by atomic mass is 10.1. The largest absolute Gasteiger partial charge is 0.375 e. The SMILES string of the molecule is CNCCCC(=O)NCC(OC)c1ccc(Cl)cc1. The van der Waals surface area contributed by atoms with Crippen LogP contribution >= 0.6 is 11.6 Å². The van der Waals surface area contributed by atoms with Crippen molar-refractivity contribution in [1.29, 1.82) is 0 Å². The molecule has 0 saturated heterocycles. The molecule has 19 heavy (non-hydrogen) atoms. The first-order chi connectivity index (χ1) is 9.17. The normalized spacial score (nSPS) is 12.2. The number of benzene rings is 1. The fourth-order valence-corrected chi connectivity index (χ4v) is 1.86. The van der Waals surface area contributed by atoms with Crippen LogP contribution in [0.5, 0.6) is 0 Å². The Morgan fingerprint density at radius 2 is 2.05 bits per heavy atom. The summed E-state index contributed by atoms with van der Waals surface area (Å²) in [6.07, 6.45) is 1.21. The molecule has 1 amide bonds. The maximum Gasteiger partial charge on any atom is 0.220 e. The monoisotopic (exact) mass is 284 g/mol. The van der Waals surface area contributed by atoms with Crippen LogP contribution in [0.1, 0.15) is 24.5 Å². The number of amides is 1. The Bertz CT molecular complexity index is 382. The smallest absolute Gasteiger partial charge is 0.220 e. The lowest BCUT2D eigenvalue weighted by Crippen LogP contribution is -2.29. The minimum absolute atomic E-state index is 0.0475. The van der Waals surface area contributed by atoms with Crippen molar-refractivity contribution in [3.8, 4) is 0 Å². The highest BCUT2D eigenvalue weighted by Crippen LogP contribution is 2.18. The Labute approximate surface area is 119 Å². The first kappa shape index (κ1) is 16.0. The number of nitrogens with one attached hydrogen (secondary N) is 2. The molecule has 1 aromatic rings. The lowest BCUT2D eigenvalue weighted by Gasteiger charge is -2.16. The summed E-state index contributed by atoms with van der Waals surface area (Å²) in [6.45, 7) is 1.31. The van der Waals surface area contributed by atoms with Gasteiger partial charge in [0.05, 0.1) is 6.10 Å². The van der Waals surface area contributed by atoms with Gasteiger partial charge in [-0.15, -0.1) is 0 Å². The fourth-order valence-electron chi connectivity index (χ4n) is 1.74. The maximum absolute atomic E-state index is 11.6. The van der Waals surface area contributed by atoms with Crippen LogP contribution in [0.25, 0.3) is 0 Å².